The first-order valence-corrected chi connectivity index (χ1v) is 3.23. The van der Waals surface area contributed by atoms with Crippen molar-refractivity contribution in [3.63, 3.8) is 0 Å². The van der Waals surface area contributed by atoms with Crippen molar-refractivity contribution in [2.75, 3.05) is 6.67 Å². The highest BCUT2D eigenvalue weighted by Gasteiger charge is 2.24. The summed E-state index contributed by atoms with van der Waals surface area (Å²) in [7, 11) is 0. The van der Waals surface area contributed by atoms with Gasteiger partial charge in [-0.1, -0.05) is 6.08 Å². The summed E-state index contributed by atoms with van der Waals surface area (Å²) in [6.07, 6.45) is 3.44. The Bertz CT molecular complexity index is 312. The lowest BCUT2D eigenvalue weighted by Crippen LogP contribution is -2.22. The maximum atomic E-state index is 11.8. The van der Waals surface area contributed by atoms with Crippen LogP contribution < -0.4 is 0 Å². The van der Waals surface area contributed by atoms with E-state index < -0.39 is 24.0 Å². The lowest BCUT2D eigenvalue weighted by atomic mass is 9.99. The molecule has 1 aliphatic carbocycles. The number of ketones is 3. The van der Waals surface area contributed by atoms with Gasteiger partial charge in [0.05, 0.1) is 5.57 Å². The van der Waals surface area contributed by atoms with Gasteiger partial charge < -0.3 is 0 Å². The summed E-state index contributed by atoms with van der Waals surface area (Å²) in [5, 5.41) is 0. The van der Waals surface area contributed by atoms with Crippen LogP contribution in [0, 0.1) is 0 Å². The number of allylic oxidation sites excluding steroid dienone is 4. The molecule has 1 aliphatic rings. The lowest BCUT2D eigenvalue weighted by molar-refractivity contribution is -0.133. The fourth-order valence-corrected chi connectivity index (χ4v) is 0.807. The van der Waals surface area contributed by atoms with E-state index >= 15 is 0 Å². The number of halogens is 1. The van der Waals surface area contributed by atoms with E-state index in [-0.39, 0.29) is 5.57 Å². The molecule has 1 rings (SSSR count). The SMILES string of the molecule is O=C1C=CC=C(C(=O)CF)C1=O. The minimum absolute atomic E-state index is 0.370. The van der Waals surface area contributed by atoms with Crippen LogP contribution in [0.2, 0.25) is 0 Å². The maximum Gasteiger partial charge on any atom is 0.236 e. The second kappa shape index (κ2) is 3.21. The Hall–Kier alpha value is -1.58. The molecule has 0 aromatic rings. The van der Waals surface area contributed by atoms with Crippen molar-refractivity contribution in [1.82, 2.24) is 0 Å². The molecule has 0 amide bonds. The number of hydrogen-bond acceptors (Lipinski definition) is 3. The van der Waals surface area contributed by atoms with Crippen molar-refractivity contribution in [1.29, 1.82) is 0 Å². The molecule has 0 fully saturated rings. The minimum atomic E-state index is -1.25. The van der Waals surface area contributed by atoms with Crippen molar-refractivity contribution >= 4 is 17.3 Å². The van der Waals surface area contributed by atoms with Gasteiger partial charge in [0.2, 0.25) is 11.6 Å². The molecule has 0 N–H and O–H groups in total. The van der Waals surface area contributed by atoms with Crippen LogP contribution in [0.1, 0.15) is 0 Å². The third-order valence-electron chi connectivity index (χ3n) is 1.40. The molecule has 0 aromatic heterocycles. The average Bonchev–Trinajstić information content (AvgIpc) is 2.08. The van der Waals surface area contributed by atoms with E-state index in [4.69, 9.17) is 0 Å². The van der Waals surface area contributed by atoms with Gasteiger partial charge in [-0.2, -0.15) is 0 Å². The van der Waals surface area contributed by atoms with Crippen LogP contribution in [0.3, 0.4) is 0 Å². The molecule has 12 heavy (non-hydrogen) atoms. The quantitative estimate of drug-likeness (QED) is 0.335. The number of carbonyl (C=O) groups is 3. The Balaban J connectivity index is 2.98. The summed E-state index contributed by atoms with van der Waals surface area (Å²) in [6, 6.07) is 0. The zero-order chi connectivity index (χ0) is 9.14. The van der Waals surface area contributed by atoms with Crippen LogP contribution in [0.25, 0.3) is 0 Å². The molecule has 0 unspecified atom stereocenters. The smallest absolute Gasteiger partial charge is 0.236 e. The standard InChI is InChI=1S/C8H5FO3/c9-4-7(11)5-2-1-3-6(10)8(5)12/h1-3H,4H2. The van der Waals surface area contributed by atoms with Crippen LogP contribution in [0.5, 0.6) is 0 Å². The van der Waals surface area contributed by atoms with E-state index in [2.05, 4.69) is 0 Å². The van der Waals surface area contributed by atoms with Gasteiger partial charge in [-0.05, 0) is 12.2 Å². The third kappa shape index (κ3) is 1.37. The van der Waals surface area contributed by atoms with Gasteiger partial charge in [-0.25, -0.2) is 4.39 Å². The van der Waals surface area contributed by atoms with Gasteiger partial charge in [-0.15, -0.1) is 0 Å². The van der Waals surface area contributed by atoms with Gasteiger partial charge in [0.25, 0.3) is 0 Å². The first-order valence-electron chi connectivity index (χ1n) is 3.23. The largest absolute Gasteiger partial charge is 0.291 e. The van der Waals surface area contributed by atoms with Crippen molar-refractivity contribution in [3.8, 4) is 0 Å². The van der Waals surface area contributed by atoms with E-state index in [0.29, 0.717) is 0 Å². The third-order valence-corrected chi connectivity index (χ3v) is 1.40. The highest BCUT2D eigenvalue weighted by Crippen LogP contribution is 2.06. The molecule has 0 bridgehead atoms. The molecule has 0 saturated heterocycles. The van der Waals surface area contributed by atoms with Crippen LogP contribution in [0.15, 0.2) is 23.8 Å². The molecular formula is C8H5FO3. The zero-order valence-corrected chi connectivity index (χ0v) is 6.04. The fraction of sp³-hybridized carbons (Fsp3) is 0.125. The predicted octanol–water partition coefficient (Wildman–Crippen LogP) is 0.159. The Kier molecular flexibility index (Phi) is 2.28. The van der Waals surface area contributed by atoms with Crippen molar-refractivity contribution in [3.05, 3.63) is 23.8 Å². The van der Waals surface area contributed by atoms with Gasteiger partial charge in [-0.3, -0.25) is 14.4 Å². The first kappa shape index (κ1) is 8.52. The molecule has 4 heteroatoms. The molecular weight excluding hydrogens is 163 g/mol. The van der Waals surface area contributed by atoms with E-state index in [0.717, 1.165) is 12.2 Å². The number of carbonyl (C=O) groups excluding carboxylic acids is 3. The molecule has 0 radical (unpaired) electrons. The van der Waals surface area contributed by atoms with Gasteiger partial charge in [0, 0.05) is 0 Å². The second-order valence-electron chi connectivity index (χ2n) is 2.19. The zero-order valence-electron chi connectivity index (χ0n) is 6.04. The van der Waals surface area contributed by atoms with Crippen molar-refractivity contribution in [2.45, 2.75) is 0 Å². The second-order valence-corrected chi connectivity index (χ2v) is 2.19. The maximum absolute atomic E-state index is 11.8. The molecule has 0 aliphatic heterocycles. The fourth-order valence-electron chi connectivity index (χ4n) is 0.807. The predicted molar refractivity (Wildman–Crippen MR) is 38.2 cm³/mol. The topological polar surface area (TPSA) is 51.2 Å². The van der Waals surface area contributed by atoms with Gasteiger partial charge in [0.1, 0.15) is 0 Å². The Morgan fingerprint density at radius 1 is 1.42 bits per heavy atom. The average molecular weight is 168 g/mol. The van der Waals surface area contributed by atoms with E-state index in [1.54, 1.807) is 0 Å². The molecule has 0 spiro atoms. The summed E-state index contributed by atoms with van der Waals surface area (Å²) in [4.78, 5) is 32.2. The monoisotopic (exact) mass is 168 g/mol. The summed E-state index contributed by atoms with van der Waals surface area (Å²) < 4.78 is 11.8. The molecule has 0 heterocycles. The van der Waals surface area contributed by atoms with Crippen LogP contribution >= 0.6 is 0 Å². The summed E-state index contributed by atoms with van der Waals surface area (Å²) in [5.74, 6) is -2.66. The van der Waals surface area contributed by atoms with Crippen molar-refractivity contribution in [2.24, 2.45) is 0 Å². The molecule has 0 saturated carbocycles. The molecule has 0 aromatic carbocycles. The minimum Gasteiger partial charge on any atom is -0.291 e. The molecule has 3 nitrogen and oxygen atoms in total. The number of hydrogen-bond donors (Lipinski definition) is 0. The molecule has 62 valence electrons. The van der Waals surface area contributed by atoms with Crippen molar-refractivity contribution < 1.29 is 18.8 Å². The van der Waals surface area contributed by atoms with E-state index in [9.17, 15) is 18.8 Å². The van der Waals surface area contributed by atoms with Crippen LogP contribution in [-0.4, -0.2) is 24.0 Å². The normalized spacial score (nSPS) is 16.2. The van der Waals surface area contributed by atoms with Gasteiger partial charge in [0.15, 0.2) is 12.5 Å². The highest BCUT2D eigenvalue weighted by molar-refractivity contribution is 6.53. The highest BCUT2D eigenvalue weighted by atomic mass is 19.1. The summed E-state index contributed by atoms with van der Waals surface area (Å²) in [5.41, 5.74) is -0.370. The van der Waals surface area contributed by atoms with Gasteiger partial charge >= 0.3 is 0 Å². The number of rotatable bonds is 2. The summed E-state index contributed by atoms with van der Waals surface area (Å²) in [6.45, 7) is -1.25. The lowest BCUT2D eigenvalue weighted by Gasteiger charge is -2.01. The van der Waals surface area contributed by atoms with Crippen LogP contribution in [-0.2, 0) is 14.4 Å². The Morgan fingerprint density at radius 3 is 2.67 bits per heavy atom. The molecule has 0 atom stereocenters. The Morgan fingerprint density at radius 2 is 2.08 bits per heavy atom. The van der Waals surface area contributed by atoms with E-state index in [1.165, 1.54) is 6.08 Å². The first-order chi connectivity index (χ1) is 5.66. The van der Waals surface area contributed by atoms with E-state index in [1.807, 2.05) is 0 Å². The number of alkyl halides is 1. The van der Waals surface area contributed by atoms with Crippen LogP contribution in [0.4, 0.5) is 4.39 Å². The Labute approximate surface area is 67.6 Å². The number of Topliss-reactive ketones (excluding diaryl/α,β-unsaturated/α-hetero) is 2. The summed E-state index contributed by atoms with van der Waals surface area (Å²) >= 11 is 0.